The number of thioether (sulfide) groups is 2. The topological polar surface area (TPSA) is 95.9 Å². The standard InChI is InChI=1S/C29H31N5OS4/c1-5-18-12-19(26(38-18)36-6-2)23-20(15-30)25(31)34(21-13-29(3,4)14-22(35)24(21)23)27-32-33-28(39-27)37-16-17-10-8-7-9-11-17/h7-12,23H,5-6,13-14,16,31H2,1-4H3. The zero-order valence-corrected chi connectivity index (χ0v) is 25.8. The van der Waals surface area contributed by atoms with Crippen LogP contribution in [0.3, 0.4) is 0 Å². The van der Waals surface area contributed by atoms with E-state index >= 15 is 0 Å². The number of aromatic nitrogens is 2. The second-order valence-electron chi connectivity index (χ2n) is 10.3. The number of anilines is 1. The first kappa shape index (κ1) is 28.0. The smallest absolute Gasteiger partial charge is 0.219 e. The molecule has 0 spiro atoms. The van der Waals surface area contributed by atoms with Gasteiger partial charge in [0.1, 0.15) is 5.82 Å². The van der Waals surface area contributed by atoms with Crippen LogP contribution in [-0.4, -0.2) is 21.7 Å². The summed E-state index contributed by atoms with van der Waals surface area (Å²) in [5, 5.41) is 20.0. The summed E-state index contributed by atoms with van der Waals surface area (Å²) in [6.07, 6.45) is 2.00. The molecular weight excluding hydrogens is 563 g/mol. The minimum atomic E-state index is -0.463. The van der Waals surface area contributed by atoms with Crippen LogP contribution in [0.5, 0.6) is 0 Å². The van der Waals surface area contributed by atoms with Crippen LogP contribution in [0.2, 0.25) is 0 Å². The first-order chi connectivity index (χ1) is 18.8. The Bertz CT molecular complexity index is 1500. The number of thiophene rings is 1. The third kappa shape index (κ3) is 5.55. The van der Waals surface area contributed by atoms with Gasteiger partial charge in [0.25, 0.3) is 0 Å². The van der Waals surface area contributed by atoms with Gasteiger partial charge in [-0.3, -0.25) is 9.69 Å². The number of Topliss-reactive ketones (excluding diaryl/α,β-unsaturated/α-hetero) is 1. The Morgan fingerprint density at radius 3 is 2.62 bits per heavy atom. The quantitative estimate of drug-likeness (QED) is 0.268. The molecule has 1 aliphatic carbocycles. The largest absolute Gasteiger partial charge is 0.384 e. The Labute approximate surface area is 246 Å². The molecule has 2 aromatic heterocycles. The highest BCUT2D eigenvalue weighted by atomic mass is 32.2. The Hall–Kier alpha value is -2.58. The molecule has 3 aromatic rings. The number of nitrogens with zero attached hydrogens (tertiary/aromatic N) is 4. The maximum Gasteiger partial charge on any atom is 0.219 e. The van der Waals surface area contributed by atoms with Gasteiger partial charge in [0.15, 0.2) is 10.1 Å². The van der Waals surface area contributed by atoms with E-state index in [9.17, 15) is 10.1 Å². The van der Waals surface area contributed by atoms with Gasteiger partial charge < -0.3 is 5.73 Å². The van der Waals surface area contributed by atoms with Crippen molar-refractivity contribution in [3.63, 3.8) is 0 Å². The van der Waals surface area contributed by atoms with Crippen LogP contribution in [0, 0.1) is 16.7 Å². The van der Waals surface area contributed by atoms with Crippen molar-refractivity contribution >= 4 is 57.1 Å². The molecule has 0 amide bonds. The van der Waals surface area contributed by atoms with Crippen LogP contribution in [-0.2, 0) is 17.0 Å². The third-order valence-corrected chi connectivity index (χ3v) is 11.5. The van der Waals surface area contributed by atoms with Gasteiger partial charge in [0.2, 0.25) is 5.13 Å². The molecule has 0 saturated carbocycles. The number of rotatable bonds is 8. The third-order valence-electron chi connectivity index (χ3n) is 6.88. The summed E-state index contributed by atoms with van der Waals surface area (Å²) in [4.78, 5) is 17.0. The predicted molar refractivity (Wildman–Crippen MR) is 163 cm³/mol. The van der Waals surface area contributed by atoms with E-state index in [1.54, 1.807) is 34.9 Å². The molecule has 0 radical (unpaired) electrons. The summed E-state index contributed by atoms with van der Waals surface area (Å²) in [6, 6.07) is 14.8. The van der Waals surface area contributed by atoms with E-state index < -0.39 is 5.92 Å². The lowest BCUT2D eigenvalue weighted by molar-refractivity contribution is -0.118. The highest BCUT2D eigenvalue weighted by Gasteiger charge is 2.46. The Kier molecular flexibility index (Phi) is 8.24. The first-order valence-corrected chi connectivity index (χ1v) is 16.6. The predicted octanol–water partition coefficient (Wildman–Crippen LogP) is 7.51. The molecule has 0 saturated heterocycles. The van der Waals surface area contributed by atoms with Crippen molar-refractivity contribution in [3.05, 3.63) is 75.1 Å². The van der Waals surface area contributed by atoms with Crippen molar-refractivity contribution in [1.82, 2.24) is 10.2 Å². The van der Waals surface area contributed by atoms with E-state index in [1.807, 2.05) is 23.1 Å². The number of nitriles is 1. The minimum absolute atomic E-state index is 0.0800. The van der Waals surface area contributed by atoms with E-state index in [4.69, 9.17) is 5.73 Å². The van der Waals surface area contributed by atoms with Crippen LogP contribution >= 0.6 is 46.2 Å². The number of nitrogens with two attached hydrogens (primary N) is 1. The molecule has 2 N–H and O–H groups in total. The summed E-state index contributed by atoms with van der Waals surface area (Å²) in [7, 11) is 0. The number of ketones is 1. The molecular formula is C29H31N5OS4. The van der Waals surface area contributed by atoms with Crippen LogP contribution in [0.1, 0.15) is 62.5 Å². The van der Waals surface area contributed by atoms with Crippen molar-refractivity contribution < 1.29 is 4.79 Å². The number of allylic oxidation sites excluding steroid dienone is 3. The molecule has 0 bridgehead atoms. The number of aryl methyl sites for hydroxylation is 1. The van der Waals surface area contributed by atoms with Crippen LogP contribution in [0.25, 0.3) is 0 Å². The molecule has 5 rings (SSSR count). The van der Waals surface area contributed by atoms with Gasteiger partial charge in [-0.2, -0.15) is 5.26 Å². The summed E-state index contributed by atoms with van der Waals surface area (Å²) >= 11 is 6.58. The molecule has 3 heterocycles. The normalized spacial score (nSPS) is 18.9. The maximum atomic E-state index is 13.9. The fourth-order valence-corrected chi connectivity index (χ4v) is 9.38. The summed E-state index contributed by atoms with van der Waals surface area (Å²) in [6.45, 7) is 8.48. The van der Waals surface area contributed by atoms with Gasteiger partial charge in [-0.1, -0.05) is 81.1 Å². The van der Waals surface area contributed by atoms with Crippen LogP contribution in [0.4, 0.5) is 5.13 Å². The Morgan fingerprint density at radius 1 is 1.15 bits per heavy atom. The number of hydrogen-bond donors (Lipinski definition) is 1. The van der Waals surface area contributed by atoms with Crippen molar-refractivity contribution in [2.75, 3.05) is 10.7 Å². The number of hydrogen-bond acceptors (Lipinski definition) is 10. The monoisotopic (exact) mass is 593 g/mol. The molecule has 0 fully saturated rings. The molecule has 1 aliphatic heterocycles. The molecule has 1 unspecified atom stereocenters. The fourth-order valence-electron chi connectivity index (χ4n) is 5.17. The SMILES string of the molecule is CCSc1sc(CC)cc1C1C(C#N)=C(N)N(c2nnc(SCc3ccccc3)s2)C2=C1C(=O)CC(C)(C)C2. The van der Waals surface area contributed by atoms with Gasteiger partial charge in [-0.15, -0.1) is 33.3 Å². The molecule has 2 aliphatic rings. The lowest BCUT2D eigenvalue weighted by Gasteiger charge is -2.42. The summed E-state index contributed by atoms with van der Waals surface area (Å²) in [5.41, 5.74) is 10.8. The molecule has 1 atom stereocenters. The first-order valence-electron chi connectivity index (χ1n) is 13.0. The van der Waals surface area contributed by atoms with Gasteiger partial charge in [0, 0.05) is 28.3 Å². The number of carbonyl (C=O) groups is 1. The zero-order chi connectivity index (χ0) is 27.7. The summed E-state index contributed by atoms with van der Waals surface area (Å²) < 4.78 is 1.98. The van der Waals surface area contributed by atoms with E-state index in [0.29, 0.717) is 34.9 Å². The van der Waals surface area contributed by atoms with E-state index in [2.05, 4.69) is 62.2 Å². The molecule has 202 valence electrons. The van der Waals surface area contributed by atoms with Gasteiger partial charge in [-0.05, 0) is 41.2 Å². The highest BCUT2D eigenvalue weighted by molar-refractivity contribution is 8.01. The lowest BCUT2D eigenvalue weighted by atomic mass is 9.69. The number of carbonyl (C=O) groups excluding carboxylic acids is 1. The van der Waals surface area contributed by atoms with Crippen molar-refractivity contribution in [2.24, 2.45) is 11.1 Å². The Balaban J connectivity index is 1.61. The molecule has 39 heavy (non-hydrogen) atoms. The average Bonchev–Trinajstić information content (AvgIpc) is 3.54. The van der Waals surface area contributed by atoms with Crippen molar-refractivity contribution in [2.45, 2.75) is 67.2 Å². The van der Waals surface area contributed by atoms with Gasteiger partial charge in [-0.25, -0.2) is 0 Å². The summed E-state index contributed by atoms with van der Waals surface area (Å²) in [5.74, 6) is 1.66. The van der Waals surface area contributed by atoms with Gasteiger partial charge >= 0.3 is 0 Å². The molecule has 10 heteroatoms. The van der Waals surface area contributed by atoms with E-state index in [-0.39, 0.29) is 11.2 Å². The van der Waals surface area contributed by atoms with E-state index in [0.717, 1.165) is 37.7 Å². The van der Waals surface area contributed by atoms with Crippen LogP contribution in [0.15, 0.2) is 67.6 Å². The maximum absolute atomic E-state index is 13.9. The average molecular weight is 594 g/mol. The highest BCUT2D eigenvalue weighted by Crippen LogP contribution is 2.53. The zero-order valence-electron chi connectivity index (χ0n) is 22.5. The number of benzene rings is 1. The van der Waals surface area contributed by atoms with E-state index in [1.165, 1.54) is 21.8 Å². The van der Waals surface area contributed by atoms with Crippen molar-refractivity contribution in [3.8, 4) is 6.07 Å². The van der Waals surface area contributed by atoms with Gasteiger partial charge in [0.05, 0.1) is 21.8 Å². The van der Waals surface area contributed by atoms with Crippen molar-refractivity contribution in [1.29, 1.82) is 5.26 Å². The minimum Gasteiger partial charge on any atom is -0.384 e. The molecule has 1 aromatic carbocycles. The second kappa shape index (κ2) is 11.5. The molecule has 6 nitrogen and oxygen atoms in total. The Morgan fingerprint density at radius 2 is 1.92 bits per heavy atom. The lowest BCUT2D eigenvalue weighted by Crippen LogP contribution is -2.42. The fraction of sp³-hybridized carbons (Fsp3) is 0.379. The second-order valence-corrected chi connectivity index (χ2v) is 15.2. The van der Waals surface area contributed by atoms with Crippen LogP contribution < -0.4 is 10.6 Å².